The van der Waals surface area contributed by atoms with Gasteiger partial charge in [0.05, 0.1) is 0 Å². The van der Waals surface area contributed by atoms with Crippen LogP contribution in [0.2, 0.25) is 0 Å². The molecular formula is C16H12N2O2. The highest BCUT2D eigenvalue weighted by Crippen LogP contribution is 2.39. The minimum absolute atomic E-state index is 0.00644. The van der Waals surface area contributed by atoms with E-state index in [0.29, 0.717) is 5.56 Å². The second-order valence-electron chi connectivity index (χ2n) is 4.58. The summed E-state index contributed by atoms with van der Waals surface area (Å²) in [4.78, 5) is 0. The van der Waals surface area contributed by atoms with E-state index in [-0.39, 0.29) is 28.2 Å². The van der Waals surface area contributed by atoms with Gasteiger partial charge in [-0.1, -0.05) is 23.8 Å². The van der Waals surface area contributed by atoms with Crippen LogP contribution in [0.4, 0.5) is 0 Å². The molecule has 0 fully saturated rings. The molecule has 0 atom stereocenters. The smallest absolute Gasteiger partial charge is 0.137 e. The fourth-order valence-corrected chi connectivity index (χ4v) is 2.16. The number of nitrogens with zero attached hydrogens (tertiary/aromatic N) is 2. The molecule has 4 nitrogen and oxygen atoms in total. The highest BCUT2D eigenvalue weighted by molar-refractivity contribution is 5.83. The van der Waals surface area contributed by atoms with Crippen molar-refractivity contribution in [2.24, 2.45) is 0 Å². The molecule has 0 amide bonds. The average Bonchev–Trinajstić information content (AvgIpc) is 2.41. The Bertz CT molecular complexity index is 742. The van der Waals surface area contributed by atoms with Crippen LogP contribution in [-0.4, -0.2) is 10.2 Å². The van der Waals surface area contributed by atoms with Crippen LogP contribution >= 0.6 is 0 Å². The molecule has 4 heteroatoms. The second-order valence-corrected chi connectivity index (χ2v) is 4.58. The molecule has 0 spiro atoms. The van der Waals surface area contributed by atoms with Gasteiger partial charge in [-0.05, 0) is 25.0 Å². The lowest BCUT2D eigenvalue weighted by atomic mass is 9.90. The van der Waals surface area contributed by atoms with Crippen LogP contribution in [0.5, 0.6) is 11.5 Å². The van der Waals surface area contributed by atoms with Crippen LogP contribution in [-0.2, 0) is 0 Å². The molecule has 98 valence electrons. The molecule has 2 aromatic carbocycles. The fraction of sp³-hybridized carbons (Fsp3) is 0.125. The maximum absolute atomic E-state index is 9.82. The third-order valence-electron chi connectivity index (χ3n) is 3.17. The highest BCUT2D eigenvalue weighted by Gasteiger charge is 2.20. The zero-order valence-electron chi connectivity index (χ0n) is 11.1. The van der Waals surface area contributed by atoms with Crippen LogP contribution in [0, 0.1) is 36.5 Å². The van der Waals surface area contributed by atoms with Crippen LogP contribution in [0.25, 0.3) is 11.1 Å². The minimum atomic E-state index is -0.333. The number of rotatable bonds is 1. The second kappa shape index (κ2) is 4.95. The van der Waals surface area contributed by atoms with Crippen molar-refractivity contribution >= 4 is 0 Å². The molecule has 0 aromatic heterocycles. The molecule has 0 saturated heterocycles. The van der Waals surface area contributed by atoms with Crippen LogP contribution in [0.1, 0.15) is 22.3 Å². The van der Waals surface area contributed by atoms with Crippen LogP contribution in [0.15, 0.2) is 24.3 Å². The van der Waals surface area contributed by atoms with E-state index < -0.39 is 0 Å². The lowest BCUT2D eigenvalue weighted by Gasteiger charge is -2.13. The molecular weight excluding hydrogens is 252 g/mol. The van der Waals surface area contributed by atoms with Gasteiger partial charge in [0.25, 0.3) is 0 Å². The summed E-state index contributed by atoms with van der Waals surface area (Å²) in [5, 5.41) is 38.1. The first-order valence-corrected chi connectivity index (χ1v) is 5.96. The van der Waals surface area contributed by atoms with Crippen LogP contribution in [0.3, 0.4) is 0 Å². The standard InChI is InChI=1S/C16H12N2O2/c1-9-3-4-10(2)11(5-9)16-12(7-17)14(19)6-15(20)13(16)8-18/h3-6,19-20H,1-2H3. The quantitative estimate of drug-likeness (QED) is 0.828. The molecule has 0 bridgehead atoms. The van der Waals surface area contributed by atoms with E-state index in [0.717, 1.165) is 17.2 Å². The maximum Gasteiger partial charge on any atom is 0.137 e. The lowest BCUT2D eigenvalue weighted by Crippen LogP contribution is -1.94. The molecule has 0 radical (unpaired) electrons. The number of aryl methyl sites for hydroxylation is 2. The summed E-state index contributed by atoms with van der Waals surface area (Å²) >= 11 is 0. The van der Waals surface area contributed by atoms with E-state index in [1.165, 1.54) is 0 Å². The summed E-state index contributed by atoms with van der Waals surface area (Å²) < 4.78 is 0. The summed E-state index contributed by atoms with van der Waals surface area (Å²) in [5.74, 6) is -0.667. The van der Waals surface area contributed by atoms with Crippen LogP contribution < -0.4 is 0 Å². The summed E-state index contributed by atoms with van der Waals surface area (Å²) in [7, 11) is 0. The Labute approximate surface area is 116 Å². The summed E-state index contributed by atoms with van der Waals surface area (Å²) in [6.45, 7) is 3.74. The van der Waals surface area contributed by atoms with Gasteiger partial charge in [0.2, 0.25) is 0 Å². The molecule has 2 N–H and O–H groups in total. The molecule has 20 heavy (non-hydrogen) atoms. The van der Waals surface area contributed by atoms with Gasteiger partial charge < -0.3 is 10.2 Å². The predicted octanol–water partition coefficient (Wildman–Crippen LogP) is 3.13. The van der Waals surface area contributed by atoms with Gasteiger partial charge in [-0.15, -0.1) is 0 Å². The number of phenols is 2. The van der Waals surface area contributed by atoms with Crippen molar-refractivity contribution < 1.29 is 10.2 Å². The van der Waals surface area contributed by atoms with E-state index in [4.69, 9.17) is 0 Å². The Morgan fingerprint density at radius 2 is 1.45 bits per heavy atom. The summed E-state index contributed by atoms with van der Waals surface area (Å²) in [6, 6.07) is 10.4. The first-order chi connectivity index (χ1) is 9.49. The number of hydrogen-bond donors (Lipinski definition) is 2. The number of aromatic hydroxyl groups is 2. The Morgan fingerprint density at radius 1 is 0.900 bits per heavy atom. The maximum atomic E-state index is 9.82. The fourth-order valence-electron chi connectivity index (χ4n) is 2.16. The summed E-state index contributed by atoms with van der Waals surface area (Å²) in [6.07, 6.45) is 0. The zero-order valence-corrected chi connectivity index (χ0v) is 11.1. The molecule has 0 unspecified atom stereocenters. The molecule has 2 aromatic rings. The van der Waals surface area contributed by atoms with E-state index >= 15 is 0 Å². The van der Waals surface area contributed by atoms with Gasteiger partial charge in [-0.3, -0.25) is 0 Å². The number of phenolic OH excluding ortho intramolecular Hbond substituents is 2. The topological polar surface area (TPSA) is 88.0 Å². The normalized spacial score (nSPS) is 9.80. The first kappa shape index (κ1) is 13.5. The SMILES string of the molecule is Cc1ccc(C)c(-c2c(C#N)c(O)cc(O)c2C#N)c1. The Kier molecular flexibility index (Phi) is 3.33. The number of nitriles is 2. The predicted molar refractivity (Wildman–Crippen MR) is 74.1 cm³/mol. The Balaban J connectivity index is 2.96. The van der Waals surface area contributed by atoms with Crippen molar-refractivity contribution in [3.05, 3.63) is 46.5 Å². The van der Waals surface area contributed by atoms with Crippen molar-refractivity contribution in [1.29, 1.82) is 10.5 Å². The van der Waals surface area contributed by atoms with Gasteiger partial charge in [0.1, 0.15) is 34.8 Å². The van der Waals surface area contributed by atoms with Crippen molar-refractivity contribution in [2.45, 2.75) is 13.8 Å². The van der Waals surface area contributed by atoms with Crippen molar-refractivity contribution in [3.8, 4) is 34.8 Å². The van der Waals surface area contributed by atoms with E-state index in [1.54, 1.807) is 0 Å². The Hall–Kier alpha value is -2.98. The molecule has 0 aliphatic rings. The van der Waals surface area contributed by atoms with Crippen molar-refractivity contribution in [1.82, 2.24) is 0 Å². The molecule has 0 heterocycles. The van der Waals surface area contributed by atoms with Gasteiger partial charge in [-0.25, -0.2) is 0 Å². The number of hydrogen-bond acceptors (Lipinski definition) is 4. The van der Waals surface area contributed by atoms with E-state index in [9.17, 15) is 20.7 Å². The lowest BCUT2D eigenvalue weighted by molar-refractivity contribution is 0.449. The molecule has 0 aliphatic carbocycles. The minimum Gasteiger partial charge on any atom is -0.506 e. The van der Waals surface area contributed by atoms with Crippen molar-refractivity contribution in [3.63, 3.8) is 0 Å². The third kappa shape index (κ3) is 2.04. The van der Waals surface area contributed by atoms with Gasteiger partial charge in [-0.2, -0.15) is 10.5 Å². The zero-order chi connectivity index (χ0) is 14.9. The van der Waals surface area contributed by atoms with E-state index in [2.05, 4.69) is 0 Å². The molecule has 0 aliphatic heterocycles. The van der Waals surface area contributed by atoms with Gasteiger partial charge in [0, 0.05) is 11.6 Å². The van der Waals surface area contributed by atoms with Crippen molar-refractivity contribution in [2.75, 3.05) is 0 Å². The largest absolute Gasteiger partial charge is 0.506 e. The van der Waals surface area contributed by atoms with Gasteiger partial charge >= 0.3 is 0 Å². The third-order valence-corrected chi connectivity index (χ3v) is 3.17. The summed E-state index contributed by atoms with van der Waals surface area (Å²) in [5.41, 5.74) is 2.73. The molecule has 0 saturated carbocycles. The molecule has 2 rings (SSSR count). The number of benzene rings is 2. The average molecular weight is 264 g/mol. The first-order valence-electron chi connectivity index (χ1n) is 5.96. The Morgan fingerprint density at radius 3 is 1.95 bits per heavy atom. The highest BCUT2D eigenvalue weighted by atomic mass is 16.3. The van der Waals surface area contributed by atoms with E-state index in [1.807, 2.05) is 44.2 Å². The van der Waals surface area contributed by atoms with Gasteiger partial charge in [0.15, 0.2) is 0 Å². The monoisotopic (exact) mass is 264 g/mol.